The second kappa shape index (κ2) is 8.46. The van der Waals surface area contributed by atoms with Gasteiger partial charge in [0.1, 0.15) is 5.76 Å². The second-order valence-corrected chi connectivity index (χ2v) is 8.27. The summed E-state index contributed by atoms with van der Waals surface area (Å²) in [6.45, 7) is 4.64. The van der Waals surface area contributed by atoms with E-state index in [0.29, 0.717) is 19.0 Å². The molecule has 6 nitrogen and oxygen atoms in total. The maximum Gasteiger partial charge on any atom is 0.228 e. The SMILES string of the molecule is O=C(C1CC(=O)N(C2CCCCCC2)C1)N1CCN(Cc2ccco2)CC1. The van der Waals surface area contributed by atoms with Crippen LogP contribution in [0.5, 0.6) is 0 Å². The Kier molecular flexibility index (Phi) is 5.81. The van der Waals surface area contributed by atoms with Gasteiger partial charge in [0.25, 0.3) is 0 Å². The molecule has 1 aromatic rings. The van der Waals surface area contributed by atoms with E-state index in [-0.39, 0.29) is 17.7 Å². The third-order valence-corrected chi connectivity index (χ3v) is 6.42. The quantitative estimate of drug-likeness (QED) is 0.761. The Morgan fingerprint density at radius 3 is 2.48 bits per heavy atom. The van der Waals surface area contributed by atoms with Crippen LogP contribution in [-0.2, 0) is 16.1 Å². The van der Waals surface area contributed by atoms with Crippen molar-refractivity contribution < 1.29 is 14.0 Å². The van der Waals surface area contributed by atoms with E-state index in [9.17, 15) is 9.59 Å². The van der Waals surface area contributed by atoms with E-state index in [1.165, 1.54) is 25.7 Å². The number of nitrogens with zero attached hydrogens (tertiary/aromatic N) is 3. The van der Waals surface area contributed by atoms with Gasteiger partial charge in [-0.1, -0.05) is 25.7 Å². The second-order valence-electron chi connectivity index (χ2n) is 8.27. The zero-order valence-electron chi connectivity index (χ0n) is 16.1. The lowest BCUT2D eigenvalue weighted by molar-refractivity contribution is -0.137. The molecule has 0 radical (unpaired) electrons. The summed E-state index contributed by atoms with van der Waals surface area (Å²) in [4.78, 5) is 31.8. The summed E-state index contributed by atoms with van der Waals surface area (Å²) < 4.78 is 5.42. The molecule has 3 heterocycles. The van der Waals surface area contributed by atoms with Gasteiger partial charge >= 0.3 is 0 Å². The highest BCUT2D eigenvalue weighted by molar-refractivity contribution is 5.89. The molecule has 4 rings (SSSR count). The molecule has 0 bridgehead atoms. The van der Waals surface area contributed by atoms with E-state index in [2.05, 4.69) is 4.90 Å². The molecule has 2 aliphatic heterocycles. The molecular formula is C21H31N3O3. The molecule has 27 heavy (non-hydrogen) atoms. The summed E-state index contributed by atoms with van der Waals surface area (Å²) in [5.74, 6) is 1.20. The molecule has 3 aliphatic rings. The van der Waals surface area contributed by atoms with Crippen molar-refractivity contribution in [2.24, 2.45) is 5.92 Å². The maximum atomic E-state index is 13.0. The molecular weight excluding hydrogens is 342 g/mol. The highest BCUT2D eigenvalue weighted by atomic mass is 16.3. The first-order chi connectivity index (χ1) is 13.2. The Morgan fingerprint density at radius 1 is 1.07 bits per heavy atom. The van der Waals surface area contributed by atoms with Crippen molar-refractivity contribution in [3.05, 3.63) is 24.2 Å². The summed E-state index contributed by atoms with van der Waals surface area (Å²) in [5, 5.41) is 0. The minimum absolute atomic E-state index is 0.141. The molecule has 0 spiro atoms. The fraction of sp³-hybridized carbons (Fsp3) is 0.714. The molecule has 1 saturated carbocycles. The first-order valence-corrected chi connectivity index (χ1v) is 10.5. The Labute approximate surface area is 161 Å². The van der Waals surface area contributed by atoms with Gasteiger partial charge in [0.05, 0.1) is 18.7 Å². The van der Waals surface area contributed by atoms with Crippen LogP contribution >= 0.6 is 0 Å². The van der Waals surface area contributed by atoms with Crippen LogP contribution in [0.2, 0.25) is 0 Å². The zero-order valence-corrected chi connectivity index (χ0v) is 16.1. The van der Waals surface area contributed by atoms with E-state index in [4.69, 9.17) is 4.42 Å². The van der Waals surface area contributed by atoms with E-state index < -0.39 is 0 Å². The summed E-state index contributed by atoms with van der Waals surface area (Å²) >= 11 is 0. The van der Waals surface area contributed by atoms with Crippen LogP contribution in [0.25, 0.3) is 0 Å². The molecule has 1 aliphatic carbocycles. The first-order valence-electron chi connectivity index (χ1n) is 10.5. The van der Waals surface area contributed by atoms with Crippen molar-refractivity contribution in [3.8, 4) is 0 Å². The number of amides is 2. The highest BCUT2D eigenvalue weighted by Gasteiger charge is 2.39. The lowest BCUT2D eigenvalue weighted by atomic mass is 10.1. The predicted molar refractivity (Wildman–Crippen MR) is 102 cm³/mol. The van der Waals surface area contributed by atoms with Gasteiger partial charge in [-0.05, 0) is 25.0 Å². The summed E-state index contributed by atoms with van der Waals surface area (Å²) in [6, 6.07) is 4.26. The van der Waals surface area contributed by atoms with Crippen LogP contribution in [-0.4, -0.2) is 65.3 Å². The van der Waals surface area contributed by atoms with Crippen molar-refractivity contribution in [1.82, 2.24) is 14.7 Å². The van der Waals surface area contributed by atoms with Crippen molar-refractivity contribution in [3.63, 3.8) is 0 Å². The molecule has 1 atom stereocenters. The van der Waals surface area contributed by atoms with Crippen LogP contribution in [0.1, 0.15) is 50.7 Å². The average molecular weight is 373 g/mol. The first kappa shape index (κ1) is 18.5. The summed E-state index contributed by atoms with van der Waals surface area (Å²) in [6.07, 6.45) is 9.31. The lowest BCUT2D eigenvalue weighted by Gasteiger charge is -2.35. The molecule has 1 unspecified atom stereocenters. The Balaban J connectivity index is 1.28. The monoisotopic (exact) mass is 373 g/mol. The summed E-state index contributed by atoms with van der Waals surface area (Å²) in [5.41, 5.74) is 0. The van der Waals surface area contributed by atoms with E-state index in [1.54, 1.807) is 6.26 Å². The number of carbonyl (C=O) groups excluding carboxylic acids is 2. The van der Waals surface area contributed by atoms with Gasteiger partial charge in [-0.2, -0.15) is 0 Å². The maximum absolute atomic E-state index is 13.0. The number of likely N-dealkylation sites (tertiary alicyclic amines) is 1. The summed E-state index contributed by atoms with van der Waals surface area (Å²) in [7, 11) is 0. The van der Waals surface area contributed by atoms with Gasteiger partial charge < -0.3 is 14.2 Å². The largest absolute Gasteiger partial charge is 0.468 e. The lowest BCUT2D eigenvalue weighted by Crippen LogP contribution is -2.50. The highest BCUT2D eigenvalue weighted by Crippen LogP contribution is 2.29. The Morgan fingerprint density at radius 2 is 1.81 bits per heavy atom. The van der Waals surface area contributed by atoms with Crippen LogP contribution < -0.4 is 0 Å². The standard InChI is InChI=1S/C21H31N3O3/c25-20-14-17(15-24(20)18-6-3-1-2-4-7-18)21(26)23-11-9-22(10-12-23)16-19-8-5-13-27-19/h5,8,13,17-18H,1-4,6-7,9-12,14-16H2. The molecule has 0 N–H and O–H groups in total. The molecule has 3 fully saturated rings. The predicted octanol–water partition coefficient (Wildman–Crippen LogP) is 2.50. The number of hydrogen-bond donors (Lipinski definition) is 0. The van der Waals surface area contributed by atoms with Gasteiger partial charge in [-0.3, -0.25) is 14.5 Å². The van der Waals surface area contributed by atoms with Gasteiger partial charge in [0.2, 0.25) is 11.8 Å². The zero-order chi connectivity index (χ0) is 18.6. The van der Waals surface area contributed by atoms with Gasteiger partial charge in [0, 0.05) is 45.2 Å². The number of hydrogen-bond acceptors (Lipinski definition) is 4. The Bertz CT molecular complexity index is 629. The van der Waals surface area contributed by atoms with E-state index in [0.717, 1.165) is 51.3 Å². The van der Waals surface area contributed by atoms with Crippen molar-refractivity contribution in [1.29, 1.82) is 0 Å². The molecule has 1 aromatic heterocycles. The number of rotatable bonds is 4. The fourth-order valence-corrected chi connectivity index (χ4v) is 4.83. The fourth-order valence-electron chi connectivity index (χ4n) is 4.83. The third-order valence-electron chi connectivity index (χ3n) is 6.42. The van der Waals surface area contributed by atoms with Crippen LogP contribution in [0.4, 0.5) is 0 Å². The topological polar surface area (TPSA) is 57.0 Å². The van der Waals surface area contributed by atoms with Crippen LogP contribution in [0.3, 0.4) is 0 Å². The van der Waals surface area contributed by atoms with Gasteiger partial charge in [-0.15, -0.1) is 0 Å². The molecule has 2 saturated heterocycles. The van der Waals surface area contributed by atoms with Crippen molar-refractivity contribution >= 4 is 11.8 Å². The normalized spacial score (nSPS) is 25.8. The van der Waals surface area contributed by atoms with Crippen LogP contribution in [0, 0.1) is 5.92 Å². The third kappa shape index (κ3) is 4.37. The minimum atomic E-state index is -0.141. The Hall–Kier alpha value is -1.82. The molecule has 148 valence electrons. The number of piperazine rings is 1. The molecule has 6 heteroatoms. The number of furan rings is 1. The molecule has 0 aromatic carbocycles. The van der Waals surface area contributed by atoms with Gasteiger partial charge in [-0.25, -0.2) is 0 Å². The number of carbonyl (C=O) groups is 2. The van der Waals surface area contributed by atoms with Crippen LogP contribution in [0.15, 0.2) is 22.8 Å². The molecule has 2 amide bonds. The average Bonchev–Trinajstić information content (AvgIpc) is 3.24. The van der Waals surface area contributed by atoms with Crippen molar-refractivity contribution in [2.45, 2.75) is 57.5 Å². The van der Waals surface area contributed by atoms with Crippen molar-refractivity contribution in [2.75, 3.05) is 32.7 Å². The smallest absolute Gasteiger partial charge is 0.228 e. The minimum Gasteiger partial charge on any atom is -0.468 e. The van der Waals surface area contributed by atoms with E-state index in [1.807, 2.05) is 21.9 Å². The van der Waals surface area contributed by atoms with E-state index >= 15 is 0 Å². The van der Waals surface area contributed by atoms with Gasteiger partial charge in [0.15, 0.2) is 0 Å².